The third-order valence-corrected chi connectivity index (χ3v) is 6.60. The Morgan fingerprint density at radius 2 is 1.64 bits per heavy atom. The van der Waals surface area contributed by atoms with Crippen LogP contribution in [0.25, 0.3) is 0 Å². The number of piperazine rings is 1. The Balaban J connectivity index is 1.12. The molecule has 2 aliphatic rings. The molecule has 6 rings (SSSR count). The Morgan fingerprint density at radius 1 is 0.897 bits per heavy atom. The Hall–Kier alpha value is -4.90. The fraction of sp³-hybridized carbons (Fsp3) is 0.214. The van der Waals surface area contributed by atoms with Gasteiger partial charge in [0, 0.05) is 38.4 Å². The molecule has 1 N–H and O–H groups in total. The maximum atomic E-state index is 12.1. The van der Waals surface area contributed by atoms with Crippen LogP contribution in [0.5, 0.6) is 23.0 Å². The van der Waals surface area contributed by atoms with Gasteiger partial charge in [0.2, 0.25) is 18.4 Å². The topological polar surface area (TPSA) is 115 Å². The number of nitrogens with one attached hydrogen (secondary N) is 1. The van der Waals surface area contributed by atoms with Crippen molar-refractivity contribution in [2.75, 3.05) is 43.2 Å². The van der Waals surface area contributed by atoms with Crippen LogP contribution in [0.15, 0.2) is 79.1 Å². The number of nitrogens with zero attached hydrogens (tertiary/aromatic N) is 5. The Morgan fingerprint density at radius 3 is 2.41 bits per heavy atom. The third kappa shape index (κ3) is 5.53. The first-order chi connectivity index (χ1) is 19.1. The highest BCUT2D eigenvalue weighted by Gasteiger charge is 2.29. The average molecular weight is 527 g/mol. The quantitative estimate of drug-likeness (QED) is 0.249. The van der Waals surface area contributed by atoms with Crippen LogP contribution in [0.1, 0.15) is 5.56 Å². The molecule has 3 heterocycles. The molecule has 3 aromatic carbocycles. The van der Waals surface area contributed by atoms with Gasteiger partial charge in [0.25, 0.3) is 0 Å². The second kappa shape index (κ2) is 10.8. The SMILES string of the molecule is O=[N+]([O-])c1c(Nc2ccc(Oc3ccccc3)cc2)ncnc1N1CCN(Cc2ccc3c(c2)OCO3)CC1. The van der Waals surface area contributed by atoms with Gasteiger partial charge in [-0.1, -0.05) is 24.3 Å². The van der Waals surface area contributed by atoms with Crippen molar-refractivity contribution in [2.24, 2.45) is 0 Å². The van der Waals surface area contributed by atoms with Gasteiger partial charge >= 0.3 is 5.69 Å². The summed E-state index contributed by atoms with van der Waals surface area (Å²) in [5.74, 6) is 3.36. The van der Waals surface area contributed by atoms with Crippen molar-refractivity contribution in [3.63, 3.8) is 0 Å². The lowest BCUT2D eigenvalue weighted by atomic mass is 10.1. The zero-order valence-corrected chi connectivity index (χ0v) is 21.0. The van der Waals surface area contributed by atoms with Crippen molar-refractivity contribution in [2.45, 2.75) is 6.54 Å². The van der Waals surface area contributed by atoms with E-state index in [1.54, 1.807) is 24.3 Å². The summed E-state index contributed by atoms with van der Waals surface area (Å²) in [7, 11) is 0. The van der Waals surface area contributed by atoms with E-state index < -0.39 is 4.92 Å². The maximum absolute atomic E-state index is 12.1. The minimum Gasteiger partial charge on any atom is -0.457 e. The number of fused-ring (bicyclic) bond motifs is 1. The molecular formula is C28H26N6O5. The normalized spacial score (nSPS) is 14.7. The summed E-state index contributed by atoms with van der Waals surface area (Å²) in [6.07, 6.45) is 1.36. The molecule has 11 heteroatoms. The van der Waals surface area contributed by atoms with Crippen LogP contribution in [0.2, 0.25) is 0 Å². The van der Waals surface area contributed by atoms with Gasteiger partial charge in [0.1, 0.15) is 17.8 Å². The lowest BCUT2D eigenvalue weighted by Gasteiger charge is -2.35. The molecule has 0 atom stereocenters. The summed E-state index contributed by atoms with van der Waals surface area (Å²) in [4.78, 5) is 24.4. The first kappa shape index (κ1) is 24.4. The minimum absolute atomic E-state index is 0.143. The van der Waals surface area contributed by atoms with Crippen molar-refractivity contribution in [1.82, 2.24) is 14.9 Å². The predicted octanol–water partition coefficient (Wildman–Crippen LogP) is 4.97. The maximum Gasteiger partial charge on any atom is 0.353 e. The fourth-order valence-electron chi connectivity index (χ4n) is 4.64. The number of hydrogen-bond acceptors (Lipinski definition) is 10. The summed E-state index contributed by atoms with van der Waals surface area (Å²) in [5, 5.41) is 15.2. The molecule has 0 aliphatic carbocycles. The zero-order chi connectivity index (χ0) is 26.6. The van der Waals surface area contributed by atoms with Gasteiger partial charge in [-0.15, -0.1) is 0 Å². The first-order valence-electron chi connectivity index (χ1n) is 12.6. The van der Waals surface area contributed by atoms with Crippen molar-refractivity contribution in [1.29, 1.82) is 0 Å². The number of aromatic nitrogens is 2. The summed E-state index contributed by atoms with van der Waals surface area (Å²) in [6, 6.07) is 22.6. The van der Waals surface area contributed by atoms with Crippen LogP contribution in [0.4, 0.5) is 23.0 Å². The van der Waals surface area contributed by atoms with Gasteiger partial charge in [-0.3, -0.25) is 15.0 Å². The monoisotopic (exact) mass is 526 g/mol. The molecule has 1 aromatic heterocycles. The summed E-state index contributed by atoms with van der Waals surface area (Å²) < 4.78 is 16.7. The molecule has 11 nitrogen and oxygen atoms in total. The molecule has 0 amide bonds. The zero-order valence-electron chi connectivity index (χ0n) is 21.0. The Bertz CT molecular complexity index is 1460. The Labute approximate surface area is 224 Å². The minimum atomic E-state index is -0.427. The number of para-hydroxylation sites is 1. The van der Waals surface area contributed by atoms with Crippen LogP contribution in [0.3, 0.4) is 0 Å². The molecule has 198 valence electrons. The molecule has 39 heavy (non-hydrogen) atoms. The number of ether oxygens (including phenoxy) is 3. The molecule has 2 aliphatic heterocycles. The second-order valence-electron chi connectivity index (χ2n) is 9.17. The first-order valence-corrected chi connectivity index (χ1v) is 12.6. The van der Waals surface area contributed by atoms with E-state index in [9.17, 15) is 10.1 Å². The highest BCUT2D eigenvalue weighted by molar-refractivity contribution is 5.74. The summed E-state index contributed by atoms with van der Waals surface area (Å²) >= 11 is 0. The molecule has 1 saturated heterocycles. The van der Waals surface area contributed by atoms with Gasteiger partial charge in [0.15, 0.2) is 11.5 Å². The number of hydrogen-bond donors (Lipinski definition) is 1. The molecule has 4 aromatic rings. The Kier molecular flexibility index (Phi) is 6.79. The smallest absolute Gasteiger partial charge is 0.353 e. The van der Waals surface area contributed by atoms with E-state index in [4.69, 9.17) is 14.2 Å². The van der Waals surface area contributed by atoms with Gasteiger partial charge in [-0.2, -0.15) is 0 Å². The van der Waals surface area contributed by atoms with E-state index in [0.717, 1.165) is 42.4 Å². The van der Waals surface area contributed by atoms with Crippen molar-refractivity contribution < 1.29 is 19.1 Å². The van der Waals surface area contributed by atoms with Crippen LogP contribution in [-0.2, 0) is 6.54 Å². The molecular weight excluding hydrogens is 500 g/mol. The van der Waals surface area contributed by atoms with E-state index in [-0.39, 0.29) is 18.3 Å². The van der Waals surface area contributed by atoms with E-state index >= 15 is 0 Å². The average Bonchev–Trinajstić information content (AvgIpc) is 3.43. The highest BCUT2D eigenvalue weighted by atomic mass is 16.7. The molecule has 0 radical (unpaired) electrons. The third-order valence-electron chi connectivity index (χ3n) is 6.60. The van der Waals surface area contributed by atoms with Crippen LogP contribution in [-0.4, -0.2) is 52.8 Å². The van der Waals surface area contributed by atoms with E-state index in [1.807, 2.05) is 53.4 Å². The largest absolute Gasteiger partial charge is 0.457 e. The van der Waals surface area contributed by atoms with Crippen molar-refractivity contribution in [3.8, 4) is 23.0 Å². The lowest BCUT2D eigenvalue weighted by molar-refractivity contribution is -0.383. The molecule has 0 bridgehead atoms. The molecule has 1 fully saturated rings. The van der Waals surface area contributed by atoms with E-state index in [1.165, 1.54) is 6.33 Å². The number of anilines is 3. The van der Waals surface area contributed by atoms with Crippen molar-refractivity contribution in [3.05, 3.63) is 94.8 Å². The lowest BCUT2D eigenvalue weighted by Crippen LogP contribution is -2.46. The van der Waals surface area contributed by atoms with Gasteiger partial charge in [0.05, 0.1) is 4.92 Å². The fourth-order valence-corrected chi connectivity index (χ4v) is 4.64. The van der Waals surface area contributed by atoms with Gasteiger partial charge < -0.3 is 24.4 Å². The van der Waals surface area contributed by atoms with Gasteiger partial charge in [-0.05, 0) is 54.1 Å². The molecule has 0 spiro atoms. The second-order valence-corrected chi connectivity index (χ2v) is 9.17. The molecule has 0 saturated carbocycles. The summed E-state index contributed by atoms with van der Waals surface area (Å²) in [6.45, 7) is 3.69. The van der Waals surface area contributed by atoms with Crippen LogP contribution >= 0.6 is 0 Å². The van der Waals surface area contributed by atoms with E-state index in [2.05, 4.69) is 20.2 Å². The molecule has 0 unspecified atom stereocenters. The predicted molar refractivity (Wildman–Crippen MR) is 145 cm³/mol. The van der Waals surface area contributed by atoms with Crippen molar-refractivity contribution >= 4 is 23.0 Å². The number of rotatable bonds is 8. The van der Waals surface area contributed by atoms with Crippen LogP contribution < -0.4 is 24.4 Å². The van der Waals surface area contributed by atoms with Crippen LogP contribution in [0, 0.1) is 10.1 Å². The van der Waals surface area contributed by atoms with Gasteiger partial charge in [-0.25, -0.2) is 9.97 Å². The van der Waals surface area contributed by atoms with E-state index in [0.29, 0.717) is 30.3 Å². The summed E-state index contributed by atoms with van der Waals surface area (Å²) in [5.41, 5.74) is 1.63. The number of nitro groups is 1. The highest BCUT2D eigenvalue weighted by Crippen LogP contribution is 2.35. The number of benzene rings is 3. The standard InChI is InChI=1S/C28H26N6O5/c35-34(36)26-27(31-21-7-9-23(10-8-21)39-22-4-2-1-3-5-22)29-18-30-28(26)33-14-12-32(13-15-33)17-20-6-11-24-25(16-20)38-19-37-24/h1-11,16,18H,12-15,17,19H2,(H,29,30,31).